The maximum absolute atomic E-state index is 13.1. The van der Waals surface area contributed by atoms with Gasteiger partial charge in [-0.3, -0.25) is 9.69 Å². The molecular weight excluding hydrogens is 398 g/mol. The summed E-state index contributed by atoms with van der Waals surface area (Å²) >= 11 is 0. The number of hydrogen-bond donors (Lipinski definition) is 1. The Morgan fingerprint density at radius 2 is 1.34 bits per heavy atom. The zero-order valence-electron chi connectivity index (χ0n) is 17.9. The Morgan fingerprint density at radius 1 is 0.812 bits per heavy atom. The van der Waals surface area contributed by atoms with Crippen LogP contribution in [0.5, 0.6) is 0 Å². The third-order valence-electron chi connectivity index (χ3n) is 7.65. The van der Waals surface area contributed by atoms with Gasteiger partial charge < -0.3 is 4.98 Å². The normalized spacial score (nSPS) is 22.5. The van der Waals surface area contributed by atoms with Crippen LogP contribution in [0, 0.1) is 11.8 Å². The SMILES string of the molecule is CC(N1CC2C(C1)C2(c1ccccc1)c1ccccc1)n1c(=O)[nH]c2ccccc2c1=O. The topological polar surface area (TPSA) is 58.1 Å². The maximum atomic E-state index is 13.1. The molecule has 32 heavy (non-hydrogen) atoms. The monoisotopic (exact) mass is 423 g/mol. The lowest BCUT2D eigenvalue weighted by Crippen LogP contribution is -2.45. The van der Waals surface area contributed by atoms with E-state index in [-0.39, 0.29) is 22.8 Å². The van der Waals surface area contributed by atoms with Crippen LogP contribution in [0.25, 0.3) is 10.9 Å². The van der Waals surface area contributed by atoms with Crippen LogP contribution in [0.3, 0.4) is 0 Å². The fourth-order valence-corrected chi connectivity index (χ4v) is 6.10. The molecule has 160 valence electrons. The van der Waals surface area contributed by atoms with E-state index < -0.39 is 0 Å². The first kappa shape index (κ1) is 19.3. The highest BCUT2D eigenvalue weighted by Crippen LogP contribution is 2.67. The van der Waals surface area contributed by atoms with E-state index in [0.717, 1.165) is 13.1 Å². The van der Waals surface area contributed by atoms with E-state index in [0.29, 0.717) is 22.7 Å². The Labute approximate surface area is 186 Å². The van der Waals surface area contributed by atoms with Crippen molar-refractivity contribution < 1.29 is 0 Å². The molecular formula is C27H25N3O2. The lowest BCUT2D eigenvalue weighted by atomic mass is 9.83. The number of para-hydroxylation sites is 1. The van der Waals surface area contributed by atoms with Gasteiger partial charge in [0.15, 0.2) is 0 Å². The number of benzene rings is 3. The fourth-order valence-electron chi connectivity index (χ4n) is 6.10. The van der Waals surface area contributed by atoms with Gasteiger partial charge in [0.2, 0.25) is 0 Å². The third-order valence-corrected chi connectivity index (χ3v) is 7.65. The highest BCUT2D eigenvalue weighted by atomic mass is 16.2. The molecule has 1 saturated heterocycles. The zero-order chi connectivity index (χ0) is 21.9. The molecule has 2 aliphatic rings. The molecule has 3 unspecified atom stereocenters. The Bertz CT molecular complexity index is 1350. The van der Waals surface area contributed by atoms with Crippen molar-refractivity contribution in [2.24, 2.45) is 11.8 Å². The van der Waals surface area contributed by atoms with Gasteiger partial charge in [-0.1, -0.05) is 72.8 Å². The van der Waals surface area contributed by atoms with Crippen LogP contribution in [0.4, 0.5) is 0 Å². The minimum atomic E-state index is -0.348. The molecule has 1 saturated carbocycles. The van der Waals surface area contributed by atoms with Gasteiger partial charge in [0, 0.05) is 18.5 Å². The number of likely N-dealkylation sites (tertiary alicyclic amines) is 1. The summed E-state index contributed by atoms with van der Waals surface area (Å²) in [5, 5.41) is 0.547. The first-order valence-corrected chi connectivity index (χ1v) is 11.2. The zero-order valence-corrected chi connectivity index (χ0v) is 17.9. The van der Waals surface area contributed by atoms with Crippen LogP contribution in [0.1, 0.15) is 24.2 Å². The second kappa shape index (κ2) is 7.04. The first-order valence-electron chi connectivity index (χ1n) is 11.2. The quantitative estimate of drug-likeness (QED) is 0.544. The number of rotatable bonds is 4. The second-order valence-corrected chi connectivity index (χ2v) is 9.05. The largest absolute Gasteiger partial charge is 0.330 e. The summed E-state index contributed by atoms with van der Waals surface area (Å²) in [6.45, 7) is 3.67. The number of aromatic amines is 1. The first-order chi connectivity index (χ1) is 15.6. The molecule has 1 aliphatic carbocycles. The summed E-state index contributed by atoms with van der Waals surface area (Å²) in [4.78, 5) is 31.1. The van der Waals surface area contributed by atoms with Crippen LogP contribution >= 0.6 is 0 Å². The van der Waals surface area contributed by atoms with Gasteiger partial charge in [0.25, 0.3) is 5.56 Å². The number of piperidine rings is 1. The van der Waals surface area contributed by atoms with E-state index in [1.807, 2.05) is 19.1 Å². The number of fused-ring (bicyclic) bond motifs is 2. The fraction of sp³-hybridized carbons (Fsp3) is 0.259. The Balaban J connectivity index is 1.35. The van der Waals surface area contributed by atoms with Gasteiger partial charge in [-0.2, -0.15) is 0 Å². The van der Waals surface area contributed by atoms with Crippen LogP contribution in [0.15, 0.2) is 94.5 Å². The molecule has 3 aromatic carbocycles. The van der Waals surface area contributed by atoms with Gasteiger partial charge in [-0.05, 0) is 42.0 Å². The van der Waals surface area contributed by atoms with Crippen LogP contribution in [-0.4, -0.2) is 27.5 Å². The average molecular weight is 424 g/mol. The third kappa shape index (κ3) is 2.61. The van der Waals surface area contributed by atoms with Crippen molar-refractivity contribution in [3.8, 4) is 0 Å². The molecule has 1 aromatic heterocycles. The second-order valence-electron chi connectivity index (χ2n) is 9.05. The molecule has 0 bridgehead atoms. The van der Waals surface area contributed by atoms with Gasteiger partial charge in [0.1, 0.15) is 0 Å². The molecule has 0 amide bonds. The minimum Gasteiger partial charge on any atom is -0.307 e. The molecule has 5 heteroatoms. The predicted octanol–water partition coefficient (Wildman–Crippen LogP) is 3.76. The molecule has 2 heterocycles. The molecule has 0 spiro atoms. The highest BCUT2D eigenvalue weighted by Gasteiger charge is 2.69. The van der Waals surface area contributed by atoms with E-state index >= 15 is 0 Å². The van der Waals surface area contributed by atoms with Crippen molar-refractivity contribution in [2.45, 2.75) is 18.5 Å². The van der Waals surface area contributed by atoms with E-state index in [1.165, 1.54) is 15.7 Å². The number of H-pyrrole nitrogens is 1. The van der Waals surface area contributed by atoms with E-state index in [9.17, 15) is 9.59 Å². The minimum absolute atomic E-state index is 0.0134. The van der Waals surface area contributed by atoms with E-state index in [1.54, 1.807) is 12.1 Å². The van der Waals surface area contributed by atoms with Gasteiger partial charge in [0.05, 0.1) is 17.1 Å². The summed E-state index contributed by atoms with van der Waals surface area (Å²) in [5.41, 5.74) is 2.74. The maximum Gasteiger partial charge on any atom is 0.330 e. The number of hydrogen-bond acceptors (Lipinski definition) is 3. The summed E-state index contributed by atoms with van der Waals surface area (Å²) in [6, 6.07) is 28.7. The lowest BCUT2D eigenvalue weighted by Gasteiger charge is -2.32. The van der Waals surface area contributed by atoms with Crippen molar-refractivity contribution in [3.63, 3.8) is 0 Å². The molecule has 2 fully saturated rings. The Morgan fingerprint density at radius 3 is 1.94 bits per heavy atom. The van der Waals surface area contributed by atoms with Crippen LogP contribution in [-0.2, 0) is 5.41 Å². The Kier molecular flexibility index (Phi) is 4.24. The van der Waals surface area contributed by atoms with Crippen molar-refractivity contribution in [1.82, 2.24) is 14.5 Å². The van der Waals surface area contributed by atoms with Crippen molar-refractivity contribution >= 4 is 10.9 Å². The van der Waals surface area contributed by atoms with Crippen molar-refractivity contribution in [3.05, 3.63) is 117 Å². The standard InChI is InChI=1S/C27H25N3O2/c1-18(30-25(31)21-14-8-9-15-24(21)28-26(30)32)29-16-22-23(17-29)27(22,19-10-4-2-5-11-19)20-12-6-3-7-13-20/h2-15,18,22-23H,16-17H2,1H3,(H,28,32). The lowest BCUT2D eigenvalue weighted by molar-refractivity contribution is 0.156. The molecule has 6 rings (SSSR count). The van der Waals surface area contributed by atoms with Gasteiger partial charge in [-0.15, -0.1) is 0 Å². The average Bonchev–Trinajstić information content (AvgIpc) is 3.22. The number of nitrogens with zero attached hydrogens (tertiary/aromatic N) is 2. The van der Waals surface area contributed by atoms with Gasteiger partial charge in [-0.25, -0.2) is 9.36 Å². The highest BCUT2D eigenvalue weighted by molar-refractivity contribution is 5.76. The molecule has 4 aromatic rings. The summed E-state index contributed by atoms with van der Waals surface area (Å²) in [5.74, 6) is 0.926. The molecule has 0 radical (unpaired) electrons. The summed E-state index contributed by atoms with van der Waals surface area (Å²) in [7, 11) is 0. The van der Waals surface area contributed by atoms with E-state index in [4.69, 9.17) is 0 Å². The smallest absolute Gasteiger partial charge is 0.307 e. The molecule has 3 atom stereocenters. The molecule has 1 aliphatic heterocycles. The number of aromatic nitrogens is 2. The molecule has 1 N–H and O–H groups in total. The van der Waals surface area contributed by atoms with E-state index in [2.05, 4.69) is 70.5 Å². The predicted molar refractivity (Wildman–Crippen MR) is 126 cm³/mol. The Hall–Kier alpha value is -3.44. The number of nitrogens with one attached hydrogen (secondary N) is 1. The van der Waals surface area contributed by atoms with Crippen molar-refractivity contribution in [2.75, 3.05) is 13.1 Å². The van der Waals surface area contributed by atoms with Gasteiger partial charge >= 0.3 is 5.69 Å². The van der Waals surface area contributed by atoms with Crippen LogP contribution < -0.4 is 11.2 Å². The molecule has 5 nitrogen and oxygen atoms in total. The van der Waals surface area contributed by atoms with Crippen molar-refractivity contribution in [1.29, 1.82) is 0 Å². The summed E-state index contributed by atoms with van der Waals surface area (Å²) in [6.07, 6.45) is -0.298. The summed E-state index contributed by atoms with van der Waals surface area (Å²) < 4.78 is 1.37. The van der Waals surface area contributed by atoms with Crippen LogP contribution in [0.2, 0.25) is 0 Å².